The number of hydrogen-bond acceptors (Lipinski definition) is 20. The number of ether oxygens (including phenoxy) is 5. The SMILES string of the molecule is C.CCC1=CC2CN3CCc4c([nH]c5ccc(F)cc45)C(C(=O)OC)(C2)C13.CCC1=C[C@@H]2CN(CCc3c([nH]c4ccc(F)cc34)[C@@](C)(c3cc4c(cc3C)N(C)C3[C@]45CCN4CC=C[C@@](CC)([C@@H](OC(C)=O)[C@]3(O)C(=O)OC)[C@H]45)C2)C1.CC[C@]12C=CCN3CC[C@@]4(c5ccc(C)cc5N(C)C4[C@@](O)(C(=O)OC)[C@@H]1OC(C)=O)[C@@H]32.O=C=O. The number of methoxy groups -OCH3 is 3. The summed E-state index contributed by atoms with van der Waals surface area (Å²) in [7, 11) is 7.96. The zero-order valence-electron chi connectivity index (χ0n) is 69.2. The molecule has 624 valence electrons. The van der Waals surface area contributed by atoms with E-state index in [1.807, 2.05) is 38.9 Å². The van der Waals surface area contributed by atoms with Gasteiger partial charge in [0.15, 0.2) is 12.2 Å². The Balaban J connectivity index is 0.000000146. The molecule has 0 amide bonds. The first kappa shape index (κ1) is 83.0. The molecule has 3 aliphatic carbocycles. The number of carbonyl (C=O) groups is 5. The molecule has 2 spiro atoms. The smallest absolute Gasteiger partial charge is 0.373 e. The lowest BCUT2D eigenvalue weighted by molar-refractivity contribution is -0.229. The van der Waals surface area contributed by atoms with Crippen molar-refractivity contribution in [3.63, 3.8) is 0 Å². The number of aromatic nitrogens is 2. The molecule has 11 aliphatic heterocycles. The number of nitrogens with one attached hydrogen (secondary N) is 2. The van der Waals surface area contributed by atoms with Crippen LogP contribution in [0.2, 0.25) is 0 Å². The number of fused-ring (bicyclic) bond motifs is 10. The number of H-pyrrole nitrogens is 2. The van der Waals surface area contributed by atoms with Gasteiger partial charge in [0, 0.05) is 157 Å². The van der Waals surface area contributed by atoms with Gasteiger partial charge in [-0.05, 0) is 197 Å². The lowest BCUT2D eigenvalue weighted by Crippen LogP contribution is -2.81. The molecule has 22 nitrogen and oxygen atoms in total. The number of likely N-dealkylation sites (N-methyl/N-ethyl adjacent to an activating group) is 2. The fourth-order valence-electron chi connectivity index (χ4n) is 26.4. The van der Waals surface area contributed by atoms with Gasteiger partial charge in [-0.3, -0.25) is 34.0 Å². The molecule has 24 heteroatoms. The summed E-state index contributed by atoms with van der Waals surface area (Å²) in [6, 6.07) is 19.5. The molecule has 19 atom stereocenters. The van der Waals surface area contributed by atoms with Crippen molar-refractivity contribution in [1.82, 2.24) is 29.6 Å². The first-order valence-electron chi connectivity index (χ1n) is 41.5. The standard InChI is InChI=1S/C45H55FN4O5.C25H32N2O5.C21H23FN2O2.CO2.CH4/c1-8-28-20-29-23-42(5,37-31(13-17-49(24-28)25-29)32-21-30(46)11-12-35(32)47-37)33-22-34-36(19-26(33)3)48(6)39-44(34)15-18-50-16-10-14-43(9-2,38(44)50)40(55-27(4)51)45(39,53)41(52)54-7;1-6-23-10-7-12-27-13-11-24(19(23)27)17-9-8-15(2)14-18(17)26(4)20(24)25(30,22(29)31-5)21(23)32-16(3)28;1-3-13-8-12-10-21(20(25)26-2)18-15(6-7-24(11-12)19(13)21)16-9-14(22)4-5-17(16)23-18;2-1-3;/h10-12,14,19-22,29,38-40,47,53H,8-9,13,15-18,23-25H2,1-7H3;7-10,14,19-21,30H,6,11-13H2,1-5H3;4-5,8-9,12,19,23H,3,6-7,10-11H2,1-2H3;;1H4/t29-,38-,39?,40+,42+,43+,44+,45-;19-,20?,21+,23+,24+,25-;;;/m00.../s1. The van der Waals surface area contributed by atoms with Crippen molar-refractivity contribution >= 4 is 69.2 Å². The zero-order valence-corrected chi connectivity index (χ0v) is 69.2. The van der Waals surface area contributed by atoms with Crippen LogP contribution in [0.5, 0.6) is 0 Å². The summed E-state index contributed by atoms with van der Waals surface area (Å²) in [6.07, 6.45) is 19.2. The molecule has 20 rings (SSSR count). The molecule has 4 N–H and O–H groups in total. The number of anilines is 2. The number of aromatic amines is 2. The van der Waals surface area contributed by atoms with Crippen molar-refractivity contribution in [3.05, 3.63) is 176 Å². The predicted molar refractivity (Wildman–Crippen MR) is 439 cm³/mol. The summed E-state index contributed by atoms with van der Waals surface area (Å²) in [5.41, 5.74) is 8.44. The number of piperidine rings is 1. The monoisotopic (exact) mass is 1600 g/mol. The Morgan fingerprint density at radius 1 is 0.590 bits per heavy atom. The lowest BCUT2D eigenvalue weighted by Gasteiger charge is -2.63. The number of aliphatic hydroxyl groups is 2. The van der Waals surface area contributed by atoms with E-state index in [1.165, 1.54) is 63.5 Å². The highest BCUT2D eigenvalue weighted by molar-refractivity contribution is 5.93. The van der Waals surface area contributed by atoms with Crippen molar-refractivity contribution in [2.24, 2.45) is 22.7 Å². The fraction of sp³-hybridized carbons (Fsp3) is 0.548. The van der Waals surface area contributed by atoms with Crippen LogP contribution < -0.4 is 9.80 Å². The Morgan fingerprint density at radius 2 is 1.10 bits per heavy atom. The number of carbonyl (C=O) groups excluding carboxylic acids is 7. The van der Waals surface area contributed by atoms with E-state index in [0.717, 1.165) is 176 Å². The van der Waals surface area contributed by atoms with Crippen LogP contribution >= 0.6 is 0 Å². The second kappa shape index (κ2) is 30.0. The quantitative estimate of drug-likeness (QED) is 0.0565. The first-order valence-corrected chi connectivity index (χ1v) is 41.5. The van der Waals surface area contributed by atoms with Crippen LogP contribution in [-0.2, 0) is 91.7 Å². The zero-order chi connectivity index (χ0) is 82.6. The van der Waals surface area contributed by atoms with Gasteiger partial charge in [0.2, 0.25) is 11.2 Å². The molecule has 7 unspecified atom stereocenters. The second-order valence-corrected chi connectivity index (χ2v) is 35.5. The van der Waals surface area contributed by atoms with Gasteiger partial charge in [-0.25, -0.2) is 18.4 Å². The molecule has 6 aromatic rings. The van der Waals surface area contributed by atoms with E-state index in [4.69, 9.17) is 33.3 Å². The van der Waals surface area contributed by atoms with Crippen LogP contribution in [0, 0.1) is 48.1 Å². The molecule has 3 saturated heterocycles. The maximum atomic E-state index is 15.0. The van der Waals surface area contributed by atoms with Gasteiger partial charge >= 0.3 is 36.0 Å². The van der Waals surface area contributed by atoms with E-state index in [2.05, 4.69) is 136 Å². The third-order valence-electron chi connectivity index (χ3n) is 30.1. The Labute approximate surface area is 683 Å². The van der Waals surface area contributed by atoms with E-state index in [0.29, 0.717) is 31.1 Å². The summed E-state index contributed by atoms with van der Waals surface area (Å²) in [5.74, 6) is -2.60. The summed E-state index contributed by atoms with van der Waals surface area (Å²) in [5, 5.41) is 27.5. The molecule has 14 aliphatic rings. The minimum atomic E-state index is -2.17. The van der Waals surface area contributed by atoms with Crippen LogP contribution in [0.15, 0.2) is 114 Å². The molecule has 13 heterocycles. The maximum absolute atomic E-state index is 15.0. The van der Waals surface area contributed by atoms with Gasteiger partial charge in [0.1, 0.15) is 17.0 Å². The number of nitrogens with zero attached hydrogens (tertiary/aromatic N) is 6. The summed E-state index contributed by atoms with van der Waals surface area (Å²) in [4.78, 5) is 104. The van der Waals surface area contributed by atoms with Gasteiger partial charge in [-0.1, -0.05) is 101 Å². The van der Waals surface area contributed by atoms with Crippen molar-refractivity contribution in [2.75, 3.05) is 104 Å². The van der Waals surface area contributed by atoms with E-state index in [-0.39, 0.29) is 49.3 Å². The Hall–Kier alpha value is -9.13. The fourth-order valence-corrected chi connectivity index (χ4v) is 26.4. The van der Waals surface area contributed by atoms with Crippen molar-refractivity contribution in [2.45, 2.75) is 209 Å². The van der Waals surface area contributed by atoms with Crippen LogP contribution in [0.1, 0.15) is 158 Å². The van der Waals surface area contributed by atoms with Crippen molar-refractivity contribution in [3.8, 4) is 0 Å². The Bertz CT molecular complexity index is 5200. The number of esters is 5. The molecule has 6 bridgehead atoms. The molecule has 2 saturated carbocycles. The van der Waals surface area contributed by atoms with Crippen LogP contribution in [0.25, 0.3) is 21.8 Å². The van der Waals surface area contributed by atoms with Crippen LogP contribution in [0.4, 0.5) is 20.2 Å². The van der Waals surface area contributed by atoms with Crippen LogP contribution in [-0.4, -0.2) is 224 Å². The molecule has 4 aromatic carbocycles. The maximum Gasteiger partial charge on any atom is 0.373 e. The average Bonchev–Trinajstić information content (AvgIpc) is 1.49. The molecule has 5 fully saturated rings. The Morgan fingerprint density at radius 3 is 1.62 bits per heavy atom. The van der Waals surface area contributed by atoms with Crippen LogP contribution in [0.3, 0.4) is 0 Å². The number of aryl methyl sites for hydroxylation is 2. The van der Waals surface area contributed by atoms with Gasteiger partial charge < -0.3 is 53.7 Å². The van der Waals surface area contributed by atoms with Crippen molar-refractivity contribution in [1.29, 1.82) is 0 Å². The predicted octanol–water partition coefficient (Wildman–Crippen LogP) is 11.4. The highest BCUT2D eigenvalue weighted by Crippen LogP contribution is 2.70. The van der Waals surface area contributed by atoms with E-state index < -0.39 is 91.9 Å². The molecular weight excluding hydrogens is 1490 g/mol. The van der Waals surface area contributed by atoms with E-state index in [9.17, 15) is 43.0 Å². The molecule has 2 aromatic heterocycles. The average molecular weight is 1610 g/mol. The third-order valence-corrected chi connectivity index (χ3v) is 30.1. The largest absolute Gasteiger partial charge is 0.468 e. The number of halogens is 2. The number of rotatable bonds is 10. The van der Waals surface area contributed by atoms with E-state index in [1.54, 1.807) is 24.3 Å². The van der Waals surface area contributed by atoms with Gasteiger partial charge in [-0.15, -0.1) is 0 Å². The number of benzene rings is 4. The van der Waals surface area contributed by atoms with Crippen molar-refractivity contribution < 1.29 is 76.2 Å². The van der Waals surface area contributed by atoms with Gasteiger partial charge in [-0.2, -0.15) is 9.59 Å². The lowest BCUT2D eigenvalue weighted by atomic mass is 9.47. The topological polar surface area (TPSA) is 257 Å². The summed E-state index contributed by atoms with van der Waals surface area (Å²) < 4.78 is 57.0. The normalized spacial score (nSPS) is 35.0. The summed E-state index contributed by atoms with van der Waals surface area (Å²) >= 11 is 0. The third kappa shape index (κ3) is 11.6. The second-order valence-electron chi connectivity index (χ2n) is 35.5. The summed E-state index contributed by atoms with van der Waals surface area (Å²) in [6.45, 7) is 25.6. The number of hydrogen-bond donors (Lipinski definition) is 4. The minimum Gasteiger partial charge on any atom is -0.468 e. The van der Waals surface area contributed by atoms with E-state index >= 15 is 0 Å². The van der Waals surface area contributed by atoms with Gasteiger partial charge in [0.05, 0.1) is 39.5 Å². The molecule has 117 heavy (non-hydrogen) atoms. The first-order chi connectivity index (χ1) is 55.4. The molecule has 0 radical (unpaired) electrons. The minimum absolute atomic E-state index is 0. The molecular formula is C93H114F2N8O14. The highest BCUT2D eigenvalue weighted by Gasteiger charge is 2.82. The Kier molecular flexibility index (Phi) is 21.3. The van der Waals surface area contributed by atoms with Gasteiger partial charge in [0.25, 0.3) is 0 Å². The highest BCUT2D eigenvalue weighted by atomic mass is 19.1.